The van der Waals surface area contributed by atoms with E-state index in [-0.39, 0.29) is 5.75 Å². The van der Waals surface area contributed by atoms with Gasteiger partial charge in [-0.05, 0) is 48.1 Å². The molecule has 3 heteroatoms. The predicted molar refractivity (Wildman–Crippen MR) is 50.3 cm³/mol. The Kier molecular flexibility index (Phi) is 2.37. The van der Waals surface area contributed by atoms with Gasteiger partial charge in [0.05, 0.1) is 0 Å². The lowest BCUT2D eigenvalue weighted by molar-refractivity contribution is 0.429. The Balaban J connectivity index is 3.46. The molecule has 1 rings (SSSR count). The van der Waals surface area contributed by atoms with E-state index in [4.69, 9.17) is 5.11 Å². The van der Waals surface area contributed by atoms with Gasteiger partial charge in [0.1, 0.15) is 0 Å². The van der Waals surface area contributed by atoms with Gasteiger partial charge >= 0.3 is 0 Å². The first-order valence-electron chi connectivity index (χ1n) is 3.18. The van der Waals surface area contributed by atoms with Crippen LogP contribution in [0.2, 0.25) is 0 Å². The summed E-state index contributed by atoms with van der Waals surface area (Å²) in [6.45, 7) is 3.50. The van der Waals surface area contributed by atoms with Gasteiger partial charge in [0.15, 0.2) is 11.6 Å². The molecule has 1 N–H and O–H groups in total. The van der Waals surface area contributed by atoms with Crippen LogP contribution in [0, 0.1) is 23.2 Å². The summed E-state index contributed by atoms with van der Waals surface area (Å²) in [7, 11) is 0. The van der Waals surface area contributed by atoms with Crippen LogP contribution in [0.25, 0.3) is 0 Å². The van der Waals surface area contributed by atoms with Crippen molar-refractivity contribution in [2.24, 2.45) is 0 Å². The van der Waals surface area contributed by atoms with Crippen molar-refractivity contribution in [1.82, 2.24) is 0 Å². The molecular formula is C8H8FIO. The number of hydrogen-bond acceptors (Lipinski definition) is 1. The van der Waals surface area contributed by atoms with Crippen LogP contribution in [0.15, 0.2) is 6.07 Å². The maximum Gasteiger partial charge on any atom is 0.168 e. The van der Waals surface area contributed by atoms with Crippen LogP contribution >= 0.6 is 22.6 Å². The molecule has 60 valence electrons. The Morgan fingerprint density at radius 1 is 1.45 bits per heavy atom. The minimum absolute atomic E-state index is 0.264. The molecule has 0 spiro atoms. The molecule has 1 aromatic carbocycles. The highest BCUT2D eigenvalue weighted by molar-refractivity contribution is 14.1. The number of aryl methyl sites for hydroxylation is 1. The number of phenolic OH excluding ortho intramolecular Hbond substituents is 1. The Labute approximate surface area is 78.4 Å². The number of phenols is 1. The van der Waals surface area contributed by atoms with Crippen molar-refractivity contribution in [2.45, 2.75) is 13.8 Å². The van der Waals surface area contributed by atoms with Crippen LogP contribution in [0.1, 0.15) is 11.1 Å². The van der Waals surface area contributed by atoms with Crippen LogP contribution < -0.4 is 0 Å². The maximum absolute atomic E-state index is 12.9. The second-order valence-electron chi connectivity index (χ2n) is 2.47. The average Bonchev–Trinajstić information content (AvgIpc) is 1.97. The fourth-order valence-corrected chi connectivity index (χ4v) is 1.31. The number of halogens is 2. The van der Waals surface area contributed by atoms with Crippen molar-refractivity contribution >= 4 is 22.6 Å². The van der Waals surface area contributed by atoms with Gasteiger partial charge in [0, 0.05) is 9.13 Å². The van der Waals surface area contributed by atoms with E-state index in [1.54, 1.807) is 6.92 Å². The van der Waals surface area contributed by atoms with Crippen molar-refractivity contribution in [3.8, 4) is 5.75 Å². The minimum atomic E-state index is -0.514. The van der Waals surface area contributed by atoms with E-state index in [0.29, 0.717) is 5.56 Å². The molecule has 0 aliphatic rings. The molecule has 0 bridgehead atoms. The van der Waals surface area contributed by atoms with E-state index in [1.165, 1.54) is 6.07 Å². The summed E-state index contributed by atoms with van der Waals surface area (Å²) in [5, 5.41) is 9.03. The van der Waals surface area contributed by atoms with E-state index in [2.05, 4.69) is 22.6 Å². The molecule has 0 fully saturated rings. The van der Waals surface area contributed by atoms with Crippen LogP contribution in [0.5, 0.6) is 5.75 Å². The molecule has 11 heavy (non-hydrogen) atoms. The monoisotopic (exact) mass is 266 g/mol. The first kappa shape index (κ1) is 8.77. The summed E-state index contributed by atoms with van der Waals surface area (Å²) < 4.78 is 13.8. The highest BCUT2D eigenvalue weighted by Crippen LogP contribution is 2.26. The summed E-state index contributed by atoms with van der Waals surface area (Å²) in [5.41, 5.74) is 1.42. The fourth-order valence-electron chi connectivity index (χ4n) is 0.916. The van der Waals surface area contributed by atoms with Gasteiger partial charge < -0.3 is 5.11 Å². The third-order valence-electron chi connectivity index (χ3n) is 1.58. The predicted octanol–water partition coefficient (Wildman–Crippen LogP) is 2.75. The van der Waals surface area contributed by atoms with E-state index in [1.807, 2.05) is 6.92 Å². The van der Waals surface area contributed by atoms with Crippen molar-refractivity contribution in [1.29, 1.82) is 0 Å². The van der Waals surface area contributed by atoms with Crippen molar-refractivity contribution in [2.75, 3.05) is 0 Å². The SMILES string of the molecule is Cc1cc(O)c(F)c(C)c1I. The summed E-state index contributed by atoms with van der Waals surface area (Å²) >= 11 is 2.06. The smallest absolute Gasteiger partial charge is 0.168 e. The largest absolute Gasteiger partial charge is 0.505 e. The van der Waals surface area contributed by atoms with Gasteiger partial charge in [-0.3, -0.25) is 0 Å². The highest BCUT2D eigenvalue weighted by Gasteiger charge is 2.09. The zero-order chi connectivity index (χ0) is 8.59. The molecule has 0 saturated carbocycles. The van der Waals surface area contributed by atoms with E-state index in [0.717, 1.165) is 9.13 Å². The normalized spacial score (nSPS) is 10.2. The van der Waals surface area contributed by atoms with Crippen molar-refractivity contribution in [3.05, 3.63) is 26.6 Å². The first-order valence-corrected chi connectivity index (χ1v) is 4.26. The summed E-state index contributed by atoms with van der Waals surface area (Å²) in [4.78, 5) is 0. The van der Waals surface area contributed by atoms with E-state index >= 15 is 0 Å². The summed E-state index contributed by atoms with van der Waals surface area (Å²) in [6.07, 6.45) is 0. The zero-order valence-electron chi connectivity index (χ0n) is 6.28. The second-order valence-corrected chi connectivity index (χ2v) is 3.54. The lowest BCUT2D eigenvalue weighted by atomic mass is 10.1. The van der Waals surface area contributed by atoms with E-state index < -0.39 is 5.82 Å². The number of benzene rings is 1. The topological polar surface area (TPSA) is 20.2 Å². The second kappa shape index (κ2) is 2.97. The maximum atomic E-state index is 12.9. The molecule has 0 aliphatic carbocycles. The lowest BCUT2D eigenvalue weighted by Gasteiger charge is -2.05. The molecule has 1 aromatic rings. The molecular weight excluding hydrogens is 258 g/mol. The Hall–Kier alpha value is -0.320. The quantitative estimate of drug-likeness (QED) is 0.716. The molecule has 0 saturated heterocycles. The molecule has 0 radical (unpaired) electrons. The zero-order valence-corrected chi connectivity index (χ0v) is 8.44. The lowest BCUT2D eigenvalue weighted by Crippen LogP contribution is -1.91. The number of rotatable bonds is 0. The Morgan fingerprint density at radius 2 is 2.00 bits per heavy atom. The molecule has 0 amide bonds. The van der Waals surface area contributed by atoms with Gasteiger partial charge in [-0.1, -0.05) is 0 Å². The summed E-state index contributed by atoms with van der Waals surface area (Å²) in [6, 6.07) is 1.43. The van der Waals surface area contributed by atoms with Crippen molar-refractivity contribution < 1.29 is 9.50 Å². The van der Waals surface area contributed by atoms with Crippen LogP contribution in [0.3, 0.4) is 0 Å². The van der Waals surface area contributed by atoms with Gasteiger partial charge in [0.2, 0.25) is 0 Å². The molecule has 1 nitrogen and oxygen atoms in total. The molecule has 0 atom stereocenters. The molecule has 0 aromatic heterocycles. The van der Waals surface area contributed by atoms with Gasteiger partial charge in [-0.15, -0.1) is 0 Å². The minimum Gasteiger partial charge on any atom is -0.505 e. The Bertz CT molecular complexity index is 270. The van der Waals surface area contributed by atoms with Crippen LogP contribution in [0.4, 0.5) is 4.39 Å². The number of aromatic hydroxyl groups is 1. The van der Waals surface area contributed by atoms with Crippen LogP contribution in [-0.4, -0.2) is 5.11 Å². The standard InChI is InChI=1S/C8H8FIO/c1-4-3-6(11)7(9)5(2)8(4)10/h3,11H,1-2H3. The molecule has 0 aliphatic heterocycles. The molecule has 0 unspecified atom stereocenters. The summed E-state index contributed by atoms with van der Waals surface area (Å²) in [5.74, 6) is -0.777. The highest BCUT2D eigenvalue weighted by atomic mass is 127. The number of hydrogen-bond donors (Lipinski definition) is 1. The van der Waals surface area contributed by atoms with Crippen molar-refractivity contribution in [3.63, 3.8) is 0 Å². The fraction of sp³-hybridized carbons (Fsp3) is 0.250. The molecule has 0 heterocycles. The Morgan fingerprint density at radius 3 is 2.55 bits per heavy atom. The third-order valence-corrected chi connectivity index (χ3v) is 3.24. The third kappa shape index (κ3) is 1.47. The average molecular weight is 266 g/mol. The first-order chi connectivity index (χ1) is 5.04. The van der Waals surface area contributed by atoms with E-state index in [9.17, 15) is 4.39 Å². The van der Waals surface area contributed by atoms with Gasteiger partial charge in [0.25, 0.3) is 0 Å². The van der Waals surface area contributed by atoms with Crippen LogP contribution in [-0.2, 0) is 0 Å². The van der Waals surface area contributed by atoms with Gasteiger partial charge in [-0.25, -0.2) is 4.39 Å². The van der Waals surface area contributed by atoms with Gasteiger partial charge in [-0.2, -0.15) is 0 Å².